The number of halogens is 1. The van der Waals surface area contributed by atoms with Gasteiger partial charge in [-0.2, -0.15) is 0 Å². The molecular weight excluding hydrogens is 238 g/mol. The van der Waals surface area contributed by atoms with E-state index in [9.17, 15) is 4.79 Å². The molecular formula is C12H18ClN3O. The molecule has 4 nitrogen and oxygen atoms in total. The van der Waals surface area contributed by atoms with Gasteiger partial charge in [0.15, 0.2) is 0 Å². The smallest absolute Gasteiger partial charge is 0.248 e. The predicted molar refractivity (Wildman–Crippen MR) is 70.3 cm³/mol. The van der Waals surface area contributed by atoms with E-state index in [1.165, 1.54) is 0 Å². The van der Waals surface area contributed by atoms with Crippen molar-refractivity contribution in [1.82, 2.24) is 10.2 Å². The van der Waals surface area contributed by atoms with Crippen molar-refractivity contribution in [2.75, 3.05) is 20.1 Å². The average molecular weight is 256 g/mol. The minimum atomic E-state index is -0.366. The van der Waals surface area contributed by atoms with Crippen LogP contribution in [0.5, 0.6) is 0 Å². The molecule has 1 fully saturated rings. The van der Waals surface area contributed by atoms with Crippen LogP contribution in [0.2, 0.25) is 0 Å². The van der Waals surface area contributed by atoms with Crippen LogP contribution >= 0.6 is 12.4 Å². The standard InChI is InChI=1S/C12H17N3O.ClH/c1-15(11-6-14-7-11)8-9-3-2-4-10(5-9)12(13)16;/h2-5,11,14H,6-8H2,1H3,(H2,13,16);1H. The molecule has 0 unspecified atom stereocenters. The van der Waals surface area contributed by atoms with E-state index in [2.05, 4.69) is 17.3 Å². The molecule has 0 atom stereocenters. The van der Waals surface area contributed by atoms with Crippen LogP contribution in [0.25, 0.3) is 0 Å². The van der Waals surface area contributed by atoms with Gasteiger partial charge in [-0.05, 0) is 24.7 Å². The second-order valence-corrected chi connectivity index (χ2v) is 4.29. The number of rotatable bonds is 4. The van der Waals surface area contributed by atoms with E-state index >= 15 is 0 Å². The van der Waals surface area contributed by atoms with Gasteiger partial charge in [0.25, 0.3) is 0 Å². The number of amides is 1. The third-order valence-corrected chi connectivity index (χ3v) is 3.03. The third kappa shape index (κ3) is 3.43. The van der Waals surface area contributed by atoms with Gasteiger partial charge in [0.1, 0.15) is 0 Å². The van der Waals surface area contributed by atoms with Crippen LogP contribution in [0.1, 0.15) is 15.9 Å². The van der Waals surface area contributed by atoms with Gasteiger partial charge >= 0.3 is 0 Å². The van der Waals surface area contributed by atoms with Crippen molar-refractivity contribution in [3.05, 3.63) is 35.4 Å². The fourth-order valence-electron chi connectivity index (χ4n) is 1.83. The van der Waals surface area contributed by atoms with Gasteiger partial charge in [-0.3, -0.25) is 9.69 Å². The number of carbonyl (C=O) groups excluding carboxylic acids is 1. The van der Waals surface area contributed by atoms with Gasteiger partial charge in [-0.25, -0.2) is 0 Å². The van der Waals surface area contributed by atoms with Gasteiger partial charge in [-0.15, -0.1) is 12.4 Å². The van der Waals surface area contributed by atoms with Gasteiger partial charge in [-0.1, -0.05) is 12.1 Å². The lowest BCUT2D eigenvalue weighted by Crippen LogP contribution is -2.55. The van der Waals surface area contributed by atoms with Crippen molar-refractivity contribution in [2.24, 2.45) is 5.73 Å². The zero-order valence-electron chi connectivity index (χ0n) is 9.85. The summed E-state index contributed by atoms with van der Waals surface area (Å²) < 4.78 is 0. The highest BCUT2D eigenvalue weighted by molar-refractivity contribution is 5.92. The second-order valence-electron chi connectivity index (χ2n) is 4.29. The number of benzene rings is 1. The molecule has 94 valence electrons. The van der Waals surface area contributed by atoms with Gasteiger partial charge in [0.2, 0.25) is 5.91 Å². The van der Waals surface area contributed by atoms with Crippen molar-refractivity contribution < 1.29 is 4.79 Å². The number of hydrogen-bond donors (Lipinski definition) is 2. The minimum Gasteiger partial charge on any atom is -0.366 e. The number of nitrogens with zero attached hydrogens (tertiary/aromatic N) is 1. The summed E-state index contributed by atoms with van der Waals surface area (Å²) in [6, 6.07) is 8.12. The molecule has 5 heteroatoms. The molecule has 1 heterocycles. The van der Waals surface area contributed by atoms with E-state index in [4.69, 9.17) is 5.73 Å². The maximum atomic E-state index is 11.0. The molecule has 3 N–H and O–H groups in total. The first kappa shape index (κ1) is 14.0. The fraction of sp³-hybridized carbons (Fsp3) is 0.417. The van der Waals surface area contributed by atoms with Crippen LogP contribution in [0.15, 0.2) is 24.3 Å². The molecule has 0 spiro atoms. The van der Waals surface area contributed by atoms with E-state index < -0.39 is 0 Å². The Morgan fingerprint density at radius 1 is 1.53 bits per heavy atom. The summed E-state index contributed by atoms with van der Waals surface area (Å²) in [6.07, 6.45) is 0. The van der Waals surface area contributed by atoms with E-state index in [1.807, 2.05) is 18.2 Å². The highest BCUT2D eigenvalue weighted by atomic mass is 35.5. The van der Waals surface area contributed by atoms with Gasteiger partial charge in [0, 0.05) is 31.2 Å². The fourth-order valence-corrected chi connectivity index (χ4v) is 1.83. The Labute approximate surface area is 108 Å². The van der Waals surface area contributed by atoms with Crippen molar-refractivity contribution in [2.45, 2.75) is 12.6 Å². The Bertz CT molecular complexity index is 393. The number of likely N-dealkylation sites (N-methyl/N-ethyl adjacent to an activating group) is 1. The second kappa shape index (κ2) is 6.00. The molecule has 1 aliphatic heterocycles. The predicted octanol–water partition coefficient (Wildman–Crippen LogP) is 0.611. The molecule has 1 aliphatic rings. The van der Waals surface area contributed by atoms with E-state index in [0.717, 1.165) is 25.2 Å². The van der Waals surface area contributed by atoms with Crippen molar-refractivity contribution >= 4 is 18.3 Å². The zero-order valence-corrected chi connectivity index (χ0v) is 10.7. The Morgan fingerprint density at radius 3 is 2.76 bits per heavy atom. The summed E-state index contributed by atoms with van der Waals surface area (Å²) in [4.78, 5) is 13.3. The monoisotopic (exact) mass is 255 g/mol. The highest BCUT2D eigenvalue weighted by Crippen LogP contribution is 2.10. The maximum absolute atomic E-state index is 11.0. The average Bonchev–Trinajstić information content (AvgIpc) is 2.15. The molecule has 17 heavy (non-hydrogen) atoms. The lowest BCUT2D eigenvalue weighted by molar-refractivity contribution is 0.1000. The van der Waals surface area contributed by atoms with Crippen LogP contribution in [0.3, 0.4) is 0 Å². The Balaban J connectivity index is 0.00000144. The molecule has 1 amide bonds. The Hall–Kier alpha value is -1.10. The number of nitrogens with two attached hydrogens (primary N) is 1. The first-order valence-corrected chi connectivity index (χ1v) is 5.46. The molecule has 1 saturated heterocycles. The molecule has 0 aromatic heterocycles. The number of carbonyl (C=O) groups is 1. The summed E-state index contributed by atoms with van der Waals surface area (Å²) >= 11 is 0. The summed E-state index contributed by atoms with van der Waals surface area (Å²) in [5.74, 6) is -0.366. The lowest BCUT2D eigenvalue weighted by Gasteiger charge is -2.35. The first-order valence-electron chi connectivity index (χ1n) is 5.46. The molecule has 0 saturated carbocycles. The van der Waals surface area contributed by atoms with E-state index in [0.29, 0.717) is 11.6 Å². The zero-order chi connectivity index (χ0) is 11.5. The molecule has 1 aromatic carbocycles. The summed E-state index contributed by atoms with van der Waals surface area (Å²) in [5.41, 5.74) is 6.96. The van der Waals surface area contributed by atoms with Crippen molar-refractivity contribution in [1.29, 1.82) is 0 Å². The highest BCUT2D eigenvalue weighted by Gasteiger charge is 2.21. The van der Waals surface area contributed by atoms with Crippen LogP contribution < -0.4 is 11.1 Å². The number of primary amides is 1. The molecule has 0 radical (unpaired) electrons. The van der Waals surface area contributed by atoms with Crippen molar-refractivity contribution in [3.8, 4) is 0 Å². The van der Waals surface area contributed by atoms with E-state index in [-0.39, 0.29) is 18.3 Å². The number of nitrogens with one attached hydrogen (secondary N) is 1. The molecule has 0 aliphatic carbocycles. The quantitative estimate of drug-likeness (QED) is 0.829. The molecule has 2 rings (SSSR count). The topological polar surface area (TPSA) is 58.4 Å². The Kier molecular flexibility index (Phi) is 4.93. The molecule has 0 bridgehead atoms. The normalized spacial score (nSPS) is 15.2. The van der Waals surface area contributed by atoms with E-state index in [1.54, 1.807) is 6.07 Å². The van der Waals surface area contributed by atoms with Gasteiger partial charge in [0.05, 0.1) is 0 Å². The van der Waals surface area contributed by atoms with Crippen LogP contribution in [0.4, 0.5) is 0 Å². The van der Waals surface area contributed by atoms with Gasteiger partial charge < -0.3 is 11.1 Å². The minimum absolute atomic E-state index is 0. The van der Waals surface area contributed by atoms with Crippen molar-refractivity contribution in [3.63, 3.8) is 0 Å². The Morgan fingerprint density at radius 2 is 2.24 bits per heavy atom. The summed E-state index contributed by atoms with van der Waals surface area (Å²) in [6.45, 7) is 2.95. The van der Waals surface area contributed by atoms with Crippen LogP contribution in [-0.2, 0) is 6.54 Å². The largest absolute Gasteiger partial charge is 0.366 e. The summed E-state index contributed by atoms with van der Waals surface area (Å²) in [7, 11) is 2.10. The van der Waals surface area contributed by atoms with Crippen LogP contribution in [0, 0.1) is 0 Å². The summed E-state index contributed by atoms with van der Waals surface area (Å²) in [5, 5.41) is 3.24. The van der Waals surface area contributed by atoms with Crippen LogP contribution in [-0.4, -0.2) is 37.0 Å². The molecule has 1 aromatic rings. The SMILES string of the molecule is CN(Cc1cccc(C(N)=O)c1)C1CNC1.Cl. The maximum Gasteiger partial charge on any atom is 0.248 e. The lowest BCUT2D eigenvalue weighted by atomic mass is 10.1. The first-order chi connectivity index (χ1) is 7.66. The number of hydrogen-bond acceptors (Lipinski definition) is 3. The third-order valence-electron chi connectivity index (χ3n) is 3.03.